The number of para-hydroxylation sites is 1. The number of fused-ring (bicyclic) bond motifs is 2. The van der Waals surface area contributed by atoms with E-state index in [1.807, 2.05) is 24.3 Å². The molecule has 35 heavy (non-hydrogen) atoms. The summed E-state index contributed by atoms with van der Waals surface area (Å²) in [6, 6.07) is 28.9. The van der Waals surface area contributed by atoms with Gasteiger partial charge in [-0.25, -0.2) is 0 Å². The van der Waals surface area contributed by atoms with Crippen LogP contribution in [0.3, 0.4) is 0 Å². The van der Waals surface area contributed by atoms with Gasteiger partial charge in [-0.05, 0) is 90.7 Å². The highest BCUT2D eigenvalue weighted by molar-refractivity contribution is 6.31. The summed E-state index contributed by atoms with van der Waals surface area (Å²) >= 11 is 12.4. The summed E-state index contributed by atoms with van der Waals surface area (Å²) in [7, 11) is 2.12. The molecule has 0 N–H and O–H groups in total. The van der Waals surface area contributed by atoms with Gasteiger partial charge in [0.05, 0.1) is 5.41 Å². The first kappa shape index (κ1) is 22.3. The lowest BCUT2D eigenvalue weighted by Gasteiger charge is -2.46. The molecule has 6 rings (SSSR count). The lowest BCUT2D eigenvalue weighted by Crippen LogP contribution is -2.58. The maximum absolute atomic E-state index is 7.10. The largest absolute Gasteiger partial charge is 0.462 e. The molecule has 0 bridgehead atoms. The van der Waals surface area contributed by atoms with Crippen LogP contribution in [0.25, 0.3) is 28.3 Å². The third kappa shape index (κ3) is 3.31. The van der Waals surface area contributed by atoms with Crippen molar-refractivity contribution in [3.8, 4) is 28.0 Å². The van der Waals surface area contributed by atoms with E-state index < -0.39 is 5.72 Å². The first-order valence-corrected chi connectivity index (χ1v) is 12.5. The average molecular weight is 498 g/mol. The van der Waals surface area contributed by atoms with Gasteiger partial charge in [-0.3, -0.25) is 0 Å². The third-order valence-corrected chi connectivity index (χ3v) is 8.03. The van der Waals surface area contributed by atoms with Crippen molar-refractivity contribution in [2.45, 2.75) is 25.0 Å². The van der Waals surface area contributed by atoms with Gasteiger partial charge in [-0.1, -0.05) is 65.7 Å². The quantitative estimate of drug-likeness (QED) is 0.274. The number of halogens is 2. The summed E-state index contributed by atoms with van der Waals surface area (Å²) in [5.41, 5.74) is 6.91. The maximum atomic E-state index is 7.10. The zero-order chi connectivity index (χ0) is 24.4. The zero-order valence-corrected chi connectivity index (χ0v) is 21.4. The van der Waals surface area contributed by atoms with Gasteiger partial charge in [-0.2, -0.15) is 0 Å². The summed E-state index contributed by atoms with van der Waals surface area (Å²) in [5, 5.41) is 1.43. The highest BCUT2D eigenvalue weighted by Crippen LogP contribution is 2.55. The highest BCUT2D eigenvalue weighted by atomic mass is 35.5. The van der Waals surface area contributed by atoms with E-state index in [-0.39, 0.29) is 5.41 Å². The van der Waals surface area contributed by atoms with Gasteiger partial charge in [0.25, 0.3) is 0 Å². The minimum Gasteiger partial charge on any atom is -0.462 e. The summed E-state index contributed by atoms with van der Waals surface area (Å²) in [6.45, 7) is 4.52. The Balaban J connectivity index is 1.55. The van der Waals surface area contributed by atoms with Crippen molar-refractivity contribution in [3.63, 3.8) is 0 Å². The van der Waals surface area contributed by atoms with E-state index in [0.717, 1.165) is 38.6 Å². The summed E-state index contributed by atoms with van der Waals surface area (Å²) in [4.78, 5) is 2.26. The van der Waals surface area contributed by atoms with Gasteiger partial charge < -0.3 is 9.64 Å². The standard InChI is InChI=1S/C31H25Cl2NO/c1-30(2)27-6-4-5-7-28(27)34(3)31(30)17-16-22-18-23(20-8-12-24(32)13-9-20)19-26(29(22)35-31)21-10-14-25(33)15-11-21/h4-19H,1-3H3. The van der Waals surface area contributed by atoms with Gasteiger partial charge in [0.1, 0.15) is 5.75 Å². The fourth-order valence-electron chi connectivity index (χ4n) is 5.54. The molecule has 0 aromatic heterocycles. The van der Waals surface area contributed by atoms with E-state index in [2.05, 4.69) is 98.6 Å². The monoisotopic (exact) mass is 497 g/mol. The first-order chi connectivity index (χ1) is 16.8. The van der Waals surface area contributed by atoms with Gasteiger partial charge in [0.2, 0.25) is 5.72 Å². The smallest absolute Gasteiger partial charge is 0.211 e. The Morgan fingerprint density at radius 2 is 1.37 bits per heavy atom. The molecule has 2 aliphatic rings. The summed E-state index contributed by atoms with van der Waals surface area (Å²) in [6.07, 6.45) is 4.43. The number of rotatable bonds is 2. The lowest BCUT2D eigenvalue weighted by molar-refractivity contribution is 0.0588. The predicted molar refractivity (Wildman–Crippen MR) is 148 cm³/mol. The average Bonchev–Trinajstić information content (AvgIpc) is 3.03. The number of likely N-dealkylation sites (N-methyl/N-ethyl adjacent to an activating group) is 1. The van der Waals surface area contributed by atoms with Crippen LogP contribution in [-0.2, 0) is 5.41 Å². The number of hydrogen-bond acceptors (Lipinski definition) is 2. The Labute approximate surface area is 216 Å². The van der Waals surface area contributed by atoms with E-state index in [0.29, 0.717) is 5.02 Å². The molecule has 4 heteroatoms. The van der Waals surface area contributed by atoms with Crippen LogP contribution in [0.5, 0.6) is 5.75 Å². The van der Waals surface area contributed by atoms with Crippen molar-refractivity contribution >= 4 is 35.0 Å². The van der Waals surface area contributed by atoms with Crippen molar-refractivity contribution in [3.05, 3.63) is 112 Å². The van der Waals surface area contributed by atoms with Gasteiger partial charge in [0.15, 0.2) is 0 Å². The predicted octanol–water partition coefficient (Wildman–Crippen LogP) is 8.86. The molecule has 1 atom stereocenters. The second-order valence-electron chi connectivity index (χ2n) is 9.79. The van der Waals surface area contributed by atoms with Crippen molar-refractivity contribution in [2.75, 3.05) is 11.9 Å². The van der Waals surface area contributed by atoms with E-state index in [1.54, 1.807) is 0 Å². The molecule has 0 radical (unpaired) electrons. The third-order valence-electron chi connectivity index (χ3n) is 7.53. The Morgan fingerprint density at radius 3 is 2.03 bits per heavy atom. The second-order valence-corrected chi connectivity index (χ2v) is 10.7. The minimum absolute atomic E-state index is 0.265. The summed E-state index contributed by atoms with van der Waals surface area (Å²) in [5.74, 6) is 0.875. The van der Waals surface area contributed by atoms with E-state index in [1.165, 1.54) is 11.3 Å². The van der Waals surface area contributed by atoms with Crippen LogP contribution in [0.2, 0.25) is 10.0 Å². The fraction of sp³-hybridized carbons (Fsp3) is 0.161. The van der Waals surface area contributed by atoms with Crippen LogP contribution in [-0.4, -0.2) is 12.8 Å². The first-order valence-electron chi connectivity index (χ1n) is 11.7. The van der Waals surface area contributed by atoms with Gasteiger partial charge >= 0.3 is 0 Å². The van der Waals surface area contributed by atoms with Crippen LogP contribution < -0.4 is 9.64 Å². The Hall–Kier alpha value is -3.20. The molecule has 0 fully saturated rings. The molecular weight excluding hydrogens is 473 g/mol. The SMILES string of the molecule is CN1c2ccccc2C(C)(C)C12C=Cc1cc(-c3ccc(Cl)cc3)cc(-c3ccc(Cl)cc3)c1O2. The molecule has 0 aliphatic carbocycles. The minimum atomic E-state index is -0.646. The van der Waals surface area contributed by atoms with Crippen LogP contribution in [0.4, 0.5) is 5.69 Å². The molecule has 0 amide bonds. The molecule has 2 nitrogen and oxygen atoms in total. The molecule has 4 aromatic rings. The molecular formula is C31H25Cl2NO. The molecule has 0 saturated heterocycles. The molecule has 4 aromatic carbocycles. The Bertz CT molecular complexity index is 1470. The van der Waals surface area contributed by atoms with Crippen LogP contribution in [0.1, 0.15) is 25.0 Å². The number of anilines is 1. The number of benzene rings is 4. The molecule has 2 aliphatic heterocycles. The van der Waals surface area contributed by atoms with Crippen molar-refractivity contribution in [2.24, 2.45) is 0 Å². The van der Waals surface area contributed by atoms with Crippen LogP contribution in [0, 0.1) is 0 Å². The number of hydrogen-bond donors (Lipinski definition) is 0. The molecule has 2 heterocycles. The van der Waals surface area contributed by atoms with Crippen molar-refractivity contribution in [1.29, 1.82) is 0 Å². The van der Waals surface area contributed by atoms with Gasteiger partial charge in [0, 0.05) is 33.9 Å². The van der Waals surface area contributed by atoms with E-state index >= 15 is 0 Å². The van der Waals surface area contributed by atoms with E-state index in [9.17, 15) is 0 Å². The molecule has 174 valence electrons. The molecule has 0 saturated carbocycles. The fourth-order valence-corrected chi connectivity index (χ4v) is 5.79. The van der Waals surface area contributed by atoms with Crippen LogP contribution >= 0.6 is 23.2 Å². The maximum Gasteiger partial charge on any atom is 0.211 e. The Morgan fingerprint density at radius 1 is 0.743 bits per heavy atom. The number of nitrogens with zero attached hydrogens (tertiary/aromatic N) is 1. The van der Waals surface area contributed by atoms with Crippen LogP contribution in [0.15, 0.2) is 91.0 Å². The topological polar surface area (TPSA) is 12.5 Å². The van der Waals surface area contributed by atoms with E-state index in [4.69, 9.17) is 27.9 Å². The normalized spacial score (nSPS) is 19.4. The highest BCUT2D eigenvalue weighted by Gasteiger charge is 2.57. The number of ether oxygens (including phenoxy) is 1. The Kier molecular flexibility index (Phi) is 5.03. The zero-order valence-electron chi connectivity index (χ0n) is 19.8. The summed E-state index contributed by atoms with van der Waals surface area (Å²) < 4.78 is 7.10. The van der Waals surface area contributed by atoms with Crippen molar-refractivity contribution in [1.82, 2.24) is 0 Å². The molecule has 1 spiro atoms. The second kappa shape index (κ2) is 7.91. The molecule has 1 unspecified atom stereocenters. The van der Waals surface area contributed by atoms with Crippen molar-refractivity contribution < 1.29 is 4.74 Å². The lowest BCUT2D eigenvalue weighted by atomic mass is 9.76. The van der Waals surface area contributed by atoms with Gasteiger partial charge in [-0.15, -0.1) is 0 Å².